The molecule has 0 aromatic heterocycles. The zero-order chi connectivity index (χ0) is 11.4. The van der Waals surface area contributed by atoms with Gasteiger partial charge in [0.2, 0.25) is 0 Å². The van der Waals surface area contributed by atoms with Gasteiger partial charge in [0, 0.05) is 18.6 Å². The summed E-state index contributed by atoms with van der Waals surface area (Å²) in [5, 5.41) is 9.72. The highest BCUT2D eigenvalue weighted by Gasteiger charge is 2.28. The van der Waals surface area contributed by atoms with Crippen molar-refractivity contribution in [2.24, 2.45) is 5.92 Å². The molecule has 2 nitrogen and oxygen atoms in total. The van der Waals surface area contributed by atoms with Gasteiger partial charge < -0.3 is 5.11 Å². The number of aliphatic hydroxyl groups excluding tert-OH is 1. The summed E-state index contributed by atoms with van der Waals surface area (Å²) < 4.78 is 0. The number of hydrogen-bond acceptors (Lipinski definition) is 2. The SMILES string of the molecule is CC(C)CN(C1CCCC1)C(C)C(C)O. The quantitative estimate of drug-likeness (QED) is 0.759. The Morgan fingerprint density at radius 1 is 1.13 bits per heavy atom. The van der Waals surface area contributed by atoms with E-state index in [4.69, 9.17) is 0 Å². The smallest absolute Gasteiger partial charge is 0.0664 e. The predicted octanol–water partition coefficient (Wildman–Crippen LogP) is 2.66. The van der Waals surface area contributed by atoms with Crippen LogP contribution in [0.4, 0.5) is 0 Å². The van der Waals surface area contributed by atoms with E-state index < -0.39 is 0 Å². The summed E-state index contributed by atoms with van der Waals surface area (Å²) in [4.78, 5) is 2.53. The van der Waals surface area contributed by atoms with Gasteiger partial charge in [-0.1, -0.05) is 26.7 Å². The van der Waals surface area contributed by atoms with Crippen molar-refractivity contribution in [2.75, 3.05) is 6.54 Å². The lowest BCUT2D eigenvalue weighted by molar-refractivity contribution is 0.0365. The Bertz CT molecular complexity index is 171. The van der Waals surface area contributed by atoms with Gasteiger partial charge in [-0.15, -0.1) is 0 Å². The summed E-state index contributed by atoms with van der Waals surface area (Å²) in [5.74, 6) is 0.687. The van der Waals surface area contributed by atoms with Gasteiger partial charge >= 0.3 is 0 Å². The van der Waals surface area contributed by atoms with Crippen LogP contribution in [-0.4, -0.2) is 34.7 Å². The fraction of sp³-hybridized carbons (Fsp3) is 1.00. The molecule has 2 heteroatoms. The van der Waals surface area contributed by atoms with E-state index in [9.17, 15) is 5.11 Å². The van der Waals surface area contributed by atoms with Crippen LogP contribution in [0.1, 0.15) is 53.4 Å². The third-order valence-corrected chi connectivity index (χ3v) is 3.59. The van der Waals surface area contributed by atoms with Gasteiger partial charge in [-0.25, -0.2) is 0 Å². The summed E-state index contributed by atoms with van der Waals surface area (Å²) in [6.45, 7) is 9.71. The van der Waals surface area contributed by atoms with E-state index in [1.54, 1.807) is 0 Å². The number of hydrogen-bond donors (Lipinski definition) is 1. The molecule has 0 bridgehead atoms. The van der Waals surface area contributed by atoms with Crippen molar-refractivity contribution in [3.63, 3.8) is 0 Å². The van der Waals surface area contributed by atoms with E-state index in [2.05, 4.69) is 25.7 Å². The van der Waals surface area contributed by atoms with Crippen LogP contribution in [0.5, 0.6) is 0 Å². The molecular formula is C13H27NO. The second-order valence-corrected chi connectivity index (χ2v) is 5.51. The molecule has 0 heterocycles. The standard InChI is InChI=1S/C13H27NO/c1-10(2)9-14(11(3)12(4)15)13-7-5-6-8-13/h10-13,15H,5-9H2,1-4H3. The molecule has 1 aliphatic rings. The van der Waals surface area contributed by atoms with Gasteiger partial charge in [0.25, 0.3) is 0 Å². The lowest BCUT2D eigenvalue weighted by Crippen LogP contribution is -2.47. The van der Waals surface area contributed by atoms with Crippen LogP contribution in [-0.2, 0) is 0 Å². The average molecular weight is 213 g/mol. The van der Waals surface area contributed by atoms with Gasteiger partial charge in [-0.05, 0) is 32.6 Å². The Hall–Kier alpha value is -0.0800. The highest BCUT2D eigenvalue weighted by Crippen LogP contribution is 2.26. The maximum Gasteiger partial charge on any atom is 0.0664 e. The van der Waals surface area contributed by atoms with Crippen molar-refractivity contribution < 1.29 is 5.11 Å². The molecule has 2 atom stereocenters. The minimum absolute atomic E-state index is 0.218. The fourth-order valence-corrected chi connectivity index (χ4v) is 2.58. The normalized spacial score (nSPS) is 22.6. The monoisotopic (exact) mass is 213 g/mol. The number of nitrogens with zero attached hydrogens (tertiary/aromatic N) is 1. The highest BCUT2D eigenvalue weighted by molar-refractivity contribution is 4.83. The van der Waals surface area contributed by atoms with Crippen LogP contribution < -0.4 is 0 Å². The Morgan fingerprint density at radius 3 is 2.07 bits per heavy atom. The van der Waals surface area contributed by atoms with Gasteiger partial charge in [0.15, 0.2) is 0 Å². The second kappa shape index (κ2) is 5.86. The molecule has 1 fully saturated rings. The van der Waals surface area contributed by atoms with Crippen LogP contribution in [0.25, 0.3) is 0 Å². The van der Waals surface area contributed by atoms with Crippen molar-refractivity contribution in [2.45, 2.75) is 71.6 Å². The Morgan fingerprint density at radius 2 is 1.67 bits per heavy atom. The first kappa shape index (κ1) is 13.0. The first-order valence-electron chi connectivity index (χ1n) is 6.46. The molecule has 1 saturated carbocycles. The van der Waals surface area contributed by atoms with Gasteiger partial charge in [-0.2, -0.15) is 0 Å². The van der Waals surface area contributed by atoms with Gasteiger partial charge in [-0.3, -0.25) is 4.90 Å². The van der Waals surface area contributed by atoms with Crippen molar-refractivity contribution in [3.05, 3.63) is 0 Å². The van der Waals surface area contributed by atoms with Crippen LogP contribution >= 0.6 is 0 Å². The predicted molar refractivity (Wildman–Crippen MR) is 64.9 cm³/mol. The first-order chi connectivity index (χ1) is 7.02. The minimum atomic E-state index is -0.218. The molecule has 1 rings (SSSR count). The maximum atomic E-state index is 9.72. The fourth-order valence-electron chi connectivity index (χ4n) is 2.58. The summed E-state index contributed by atoms with van der Waals surface area (Å²) in [6.07, 6.45) is 5.16. The molecule has 2 unspecified atom stereocenters. The maximum absolute atomic E-state index is 9.72. The largest absolute Gasteiger partial charge is 0.392 e. The van der Waals surface area contributed by atoms with Crippen molar-refractivity contribution >= 4 is 0 Å². The lowest BCUT2D eigenvalue weighted by Gasteiger charge is -2.37. The minimum Gasteiger partial charge on any atom is -0.392 e. The second-order valence-electron chi connectivity index (χ2n) is 5.51. The molecule has 0 amide bonds. The summed E-state index contributed by atoms with van der Waals surface area (Å²) in [5.41, 5.74) is 0. The van der Waals surface area contributed by atoms with E-state index in [0.717, 1.165) is 12.6 Å². The topological polar surface area (TPSA) is 23.5 Å². The molecule has 1 N–H and O–H groups in total. The molecule has 0 aliphatic heterocycles. The third kappa shape index (κ3) is 3.76. The Labute approximate surface area is 94.7 Å². The lowest BCUT2D eigenvalue weighted by atomic mass is 10.0. The van der Waals surface area contributed by atoms with Crippen LogP contribution in [0.15, 0.2) is 0 Å². The molecule has 15 heavy (non-hydrogen) atoms. The molecule has 0 saturated heterocycles. The molecule has 0 aromatic rings. The first-order valence-corrected chi connectivity index (χ1v) is 6.46. The van der Waals surface area contributed by atoms with Crippen LogP contribution in [0.2, 0.25) is 0 Å². The van der Waals surface area contributed by atoms with Gasteiger partial charge in [0.05, 0.1) is 6.10 Å². The molecular weight excluding hydrogens is 186 g/mol. The van der Waals surface area contributed by atoms with Crippen LogP contribution in [0, 0.1) is 5.92 Å². The van der Waals surface area contributed by atoms with E-state index in [1.807, 2.05) is 6.92 Å². The Balaban J connectivity index is 2.58. The van der Waals surface area contributed by atoms with Crippen molar-refractivity contribution in [1.29, 1.82) is 0 Å². The van der Waals surface area contributed by atoms with Gasteiger partial charge in [0.1, 0.15) is 0 Å². The summed E-state index contributed by atoms with van der Waals surface area (Å²) in [6, 6.07) is 1.02. The van der Waals surface area contributed by atoms with Crippen molar-refractivity contribution in [3.8, 4) is 0 Å². The molecule has 90 valence electrons. The third-order valence-electron chi connectivity index (χ3n) is 3.59. The van der Waals surface area contributed by atoms with E-state index in [1.165, 1.54) is 25.7 Å². The summed E-state index contributed by atoms with van der Waals surface area (Å²) >= 11 is 0. The number of aliphatic hydroxyl groups is 1. The summed E-state index contributed by atoms with van der Waals surface area (Å²) in [7, 11) is 0. The molecule has 0 spiro atoms. The molecule has 1 aliphatic carbocycles. The Kier molecular flexibility index (Phi) is 5.07. The highest BCUT2D eigenvalue weighted by atomic mass is 16.3. The van der Waals surface area contributed by atoms with Crippen molar-refractivity contribution in [1.82, 2.24) is 4.90 Å². The van der Waals surface area contributed by atoms with E-state index in [-0.39, 0.29) is 6.10 Å². The zero-order valence-corrected chi connectivity index (χ0v) is 10.7. The zero-order valence-electron chi connectivity index (χ0n) is 10.7. The molecule has 0 aromatic carbocycles. The average Bonchev–Trinajstić information content (AvgIpc) is 2.65. The molecule has 0 radical (unpaired) electrons. The van der Waals surface area contributed by atoms with E-state index in [0.29, 0.717) is 12.0 Å². The van der Waals surface area contributed by atoms with Crippen LogP contribution in [0.3, 0.4) is 0 Å². The number of rotatable bonds is 5. The van der Waals surface area contributed by atoms with E-state index >= 15 is 0 Å².